The highest BCUT2D eigenvalue weighted by molar-refractivity contribution is 5.83. The molecule has 1 aromatic carbocycles. The van der Waals surface area contributed by atoms with Crippen LogP contribution in [0.2, 0.25) is 0 Å². The van der Waals surface area contributed by atoms with Gasteiger partial charge in [0.1, 0.15) is 5.60 Å². The Morgan fingerprint density at radius 3 is 2.77 bits per heavy atom. The van der Waals surface area contributed by atoms with Crippen LogP contribution in [0.15, 0.2) is 30.5 Å². The van der Waals surface area contributed by atoms with Crippen LogP contribution in [0, 0.1) is 0 Å². The number of nitrogens with zero attached hydrogens (tertiary/aromatic N) is 1. The van der Waals surface area contributed by atoms with Gasteiger partial charge >= 0.3 is 6.09 Å². The summed E-state index contributed by atoms with van der Waals surface area (Å²) in [5.41, 5.74) is 8.02. The van der Waals surface area contributed by atoms with Gasteiger partial charge in [0.15, 0.2) is 0 Å². The molecule has 0 saturated carbocycles. The number of hydrogen-bond donors (Lipinski definition) is 2. The number of nitrogens with one attached hydrogen (secondary N) is 1. The molecule has 0 fully saturated rings. The van der Waals surface area contributed by atoms with Gasteiger partial charge in [-0.25, -0.2) is 4.79 Å². The number of nitrogens with two attached hydrogens (primary N) is 1. The van der Waals surface area contributed by atoms with Crippen molar-refractivity contribution in [3.05, 3.63) is 36.0 Å². The van der Waals surface area contributed by atoms with Crippen molar-refractivity contribution in [3.8, 4) is 0 Å². The van der Waals surface area contributed by atoms with Gasteiger partial charge in [0.2, 0.25) is 0 Å². The van der Waals surface area contributed by atoms with Crippen LogP contribution in [-0.2, 0) is 18.2 Å². The second-order valence-electron chi connectivity index (χ2n) is 6.63. The zero-order valence-corrected chi connectivity index (χ0v) is 13.7. The maximum absolute atomic E-state index is 11.6. The predicted molar refractivity (Wildman–Crippen MR) is 88.8 cm³/mol. The third-order valence-electron chi connectivity index (χ3n) is 3.37. The Morgan fingerprint density at radius 2 is 2.09 bits per heavy atom. The van der Waals surface area contributed by atoms with Crippen LogP contribution in [0.25, 0.3) is 10.9 Å². The van der Waals surface area contributed by atoms with Gasteiger partial charge in [0, 0.05) is 25.8 Å². The topological polar surface area (TPSA) is 69.3 Å². The number of carbonyl (C=O) groups excluding carboxylic acids is 1. The Kier molecular flexibility index (Phi) is 4.76. The third-order valence-corrected chi connectivity index (χ3v) is 3.37. The largest absolute Gasteiger partial charge is 0.444 e. The lowest BCUT2D eigenvalue weighted by Crippen LogP contribution is -2.41. The standard InChI is InChI=1S/C17H25N3O2/c1-17(2,3)22-16(21)19-11-14(18)10-13-7-5-6-12-8-9-20(4)15(12)13/h5-9,14H,10-11,18H2,1-4H3,(H,19,21). The van der Waals surface area contributed by atoms with Gasteiger partial charge in [-0.3, -0.25) is 0 Å². The Labute approximate surface area is 131 Å². The summed E-state index contributed by atoms with van der Waals surface area (Å²) in [6.07, 6.45) is 2.31. The smallest absolute Gasteiger partial charge is 0.407 e. The lowest BCUT2D eigenvalue weighted by Gasteiger charge is -2.21. The molecule has 1 atom stereocenters. The van der Waals surface area contributed by atoms with Crippen molar-refractivity contribution in [1.82, 2.24) is 9.88 Å². The normalized spacial score (nSPS) is 13.1. The quantitative estimate of drug-likeness (QED) is 0.912. The number of ether oxygens (including phenoxy) is 1. The van der Waals surface area contributed by atoms with Crippen LogP contribution in [0.1, 0.15) is 26.3 Å². The van der Waals surface area contributed by atoms with E-state index in [0.717, 1.165) is 0 Å². The zero-order chi connectivity index (χ0) is 16.3. The molecule has 3 N–H and O–H groups in total. The summed E-state index contributed by atoms with van der Waals surface area (Å²) in [5, 5.41) is 3.92. The Balaban J connectivity index is 1.95. The first-order valence-electron chi connectivity index (χ1n) is 7.51. The van der Waals surface area contributed by atoms with Crippen LogP contribution >= 0.6 is 0 Å². The number of aromatic nitrogens is 1. The number of benzene rings is 1. The van der Waals surface area contributed by atoms with E-state index in [1.807, 2.05) is 40.1 Å². The van der Waals surface area contributed by atoms with Gasteiger partial charge in [0.25, 0.3) is 0 Å². The molecule has 1 aromatic heterocycles. The molecule has 0 spiro atoms. The number of carbonyl (C=O) groups is 1. The maximum Gasteiger partial charge on any atom is 0.407 e. The van der Waals surface area contributed by atoms with Crippen molar-refractivity contribution >= 4 is 17.0 Å². The van der Waals surface area contributed by atoms with Gasteiger partial charge in [0.05, 0.1) is 5.52 Å². The van der Waals surface area contributed by atoms with E-state index in [-0.39, 0.29) is 6.04 Å². The molecule has 5 heteroatoms. The van der Waals surface area contributed by atoms with Gasteiger partial charge in [-0.1, -0.05) is 18.2 Å². The first kappa shape index (κ1) is 16.4. The van der Waals surface area contributed by atoms with E-state index in [1.165, 1.54) is 16.5 Å². The van der Waals surface area contributed by atoms with Crippen molar-refractivity contribution in [2.75, 3.05) is 6.54 Å². The van der Waals surface area contributed by atoms with Crippen LogP contribution in [-0.4, -0.2) is 28.8 Å². The van der Waals surface area contributed by atoms with Gasteiger partial charge < -0.3 is 20.4 Å². The van der Waals surface area contributed by atoms with Crippen LogP contribution in [0.5, 0.6) is 0 Å². The number of para-hydroxylation sites is 1. The monoisotopic (exact) mass is 303 g/mol. The summed E-state index contributed by atoms with van der Waals surface area (Å²) < 4.78 is 7.30. The SMILES string of the molecule is Cn1ccc2cccc(CC(N)CNC(=O)OC(C)(C)C)c21. The fourth-order valence-electron chi connectivity index (χ4n) is 2.49. The molecule has 0 aliphatic rings. The molecule has 1 amide bonds. The number of aryl methyl sites for hydroxylation is 1. The average Bonchev–Trinajstić information content (AvgIpc) is 2.77. The fraction of sp³-hybridized carbons (Fsp3) is 0.471. The third kappa shape index (κ3) is 4.24. The highest BCUT2D eigenvalue weighted by atomic mass is 16.6. The summed E-state index contributed by atoms with van der Waals surface area (Å²) in [5.74, 6) is 0. The minimum absolute atomic E-state index is 0.159. The number of hydrogen-bond acceptors (Lipinski definition) is 3. The molecule has 0 aliphatic carbocycles. The van der Waals surface area contributed by atoms with Gasteiger partial charge in [-0.15, -0.1) is 0 Å². The summed E-state index contributed by atoms with van der Waals surface area (Å²) in [7, 11) is 2.02. The van der Waals surface area contributed by atoms with E-state index in [4.69, 9.17) is 10.5 Å². The highest BCUT2D eigenvalue weighted by Gasteiger charge is 2.17. The summed E-state index contributed by atoms with van der Waals surface area (Å²) in [6, 6.07) is 8.13. The lowest BCUT2D eigenvalue weighted by molar-refractivity contribution is 0.0524. The Morgan fingerprint density at radius 1 is 1.36 bits per heavy atom. The molecule has 1 unspecified atom stereocenters. The average molecular weight is 303 g/mol. The number of fused-ring (bicyclic) bond motifs is 1. The number of alkyl carbamates (subject to hydrolysis) is 1. The second kappa shape index (κ2) is 6.40. The molecular formula is C17H25N3O2. The molecule has 0 aliphatic heterocycles. The van der Waals surface area contributed by atoms with Crippen molar-refractivity contribution in [2.24, 2.45) is 12.8 Å². The van der Waals surface area contributed by atoms with E-state index in [1.54, 1.807) is 0 Å². The van der Waals surface area contributed by atoms with Crippen LogP contribution < -0.4 is 11.1 Å². The molecular weight excluding hydrogens is 278 g/mol. The molecule has 1 heterocycles. The van der Waals surface area contributed by atoms with E-state index in [0.29, 0.717) is 13.0 Å². The number of rotatable bonds is 4. The molecule has 0 radical (unpaired) electrons. The van der Waals surface area contributed by atoms with Crippen LogP contribution in [0.3, 0.4) is 0 Å². The van der Waals surface area contributed by atoms with E-state index < -0.39 is 11.7 Å². The minimum Gasteiger partial charge on any atom is -0.444 e. The van der Waals surface area contributed by atoms with Crippen molar-refractivity contribution in [3.63, 3.8) is 0 Å². The van der Waals surface area contributed by atoms with Crippen molar-refractivity contribution in [1.29, 1.82) is 0 Å². The first-order valence-corrected chi connectivity index (χ1v) is 7.51. The predicted octanol–water partition coefficient (Wildman–Crippen LogP) is 2.57. The molecule has 120 valence electrons. The van der Waals surface area contributed by atoms with Crippen molar-refractivity contribution < 1.29 is 9.53 Å². The fourth-order valence-corrected chi connectivity index (χ4v) is 2.49. The molecule has 2 rings (SSSR count). The van der Waals surface area contributed by atoms with Gasteiger partial charge in [-0.05, 0) is 44.2 Å². The molecule has 2 aromatic rings. The Bertz CT molecular complexity index is 655. The summed E-state index contributed by atoms with van der Waals surface area (Å²) in [4.78, 5) is 11.6. The lowest BCUT2D eigenvalue weighted by atomic mass is 10.0. The van der Waals surface area contributed by atoms with Crippen LogP contribution in [0.4, 0.5) is 4.79 Å². The zero-order valence-electron chi connectivity index (χ0n) is 13.7. The maximum atomic E-state index is 11.6. The first-order chi connectivity index (χ1) is 10.3. The van der Waals surface area contributed by atoms with E-state index >= 15 is 0 Å². The number of amides is 1. The van der Waals surface area contributed by atoms with Gasteiger partial charge in [-0.2, -0.15) is 0 Å². The minimum atomic E-state index is -0.497. The second-order valence-corrected chi connectivity index (χ2v) is 6.63. The van der Waals surface area contributed by atoms with E-state index in [2.05, 4.69) is 28.1 Å². The Hall–Kier alpha value is -2.01. The summed E-state index contributed by atoms with van der Waals surface area (Å²) in [6.45, 7) is 5.89. The molecule has 5 nitrogen and oxygen atoms in total. The molecule has 0 saturated heterocycles. The highest BCUT2D eigenvalue weighted by Crippen LogP contribution is 2.20. The summed E-state index contributed by atoms with van der Waals surface area (Å²) >= 11 is 0. The van der Waals surface area contributed by atoms with Crippen molar-refractivity contribution in [2.45, 2.75) is 38.8 Å². The molecule has 0 bridgehead atoms. The van der Waals surface area contributed by atoms with E-state index in [9.17, 15) is 4.79 Å². The molecule has 22 heavy (non-hydrogen) atoms.